The van der Waals surface area contributed by atoms with Gasteiger partial charge in [0.05, 0.1) is 11.4 Å². The van der Waals surface area contributed by atoms with E-state index in [0.29, 0.717) is 10.0 Å². The molecule has 8 aromatic carbocycles. The molecule has 0 fully saturated rings. The lowest BCUT2D eigenvalue weighted by atomic mass is 9.96. The minimum atomic E-state index is 0.616. The number of hydrogen-bond donors (Lipinski definition) is 0. The van der Waals surface area contributed by atoms with Crippen molar-refractivity contribution < 1.29 is 8.83 Å². The van der Waals surface area contributed by atoms with Crippen LogP contribution < -0.4 is 9.80 Å². The van der Waals surface area contributed by atoms with Gasteiger partial charge in [-0.05, 0) is 113 Å². The maximum atomic E-state index is 6.96. The van der Waals surface area contributed by atoms with Gasteiger partial charge >= 0.3 is 0 Å². The molecule has 0 aliphatic heterocycles. The van der Waals surface area contributed by atoms with E-state index in [4.69, 9.17) is 32.0 Å². The molecule has 10 rings (SSSR count). The van der Waals surface area contributed by atoms with Crippen molar-refractivity contribution in [2.24, 2.45) is 0 Å². The van der Waals surface area contributed by atoms with E-state index in [1.165, 1.54) is 22.3 Å². The number of furan rings is 2. The van der Waals surface area contributed by atoms with Crippen molar-refractivity contribution in [2.45, 2.75) is 27.7 Å². The molecule has 2 heterocycles. The highest BCUT2D eigenvalue weighted by atomic mass is 35.5. The van der Waals surface area contributed by atoms with Crippen LogP contribution in [0, 0.1) is 27.7 Å². The van der Waals surface area contributed by atoms with Gasteiger partial charge in [-0.2, -0.15) is 0 Å². The van der Waals surface area contributed by atoms with Gasteiger partial charge in [0.2, 0.25) is 0 Å². The summed E-state index contributed by atoms with van der Waals surface area (Å²) >= 11 is 13.2. The SMILES string of the molecule is Cc1ccc(N(c2ccc(C)cc2)c2c3cc4c(oc5cc(Cl)ccc54)c(N(c4ccc(C)cc4)c4ccc(C)cc4)c3cc3c2oc2cc(Cl)ccc23)cc1. The van der Waals surface area contributed by atoms with E-state index in [9.17, 15) is 0 Å². The van der Waals surface area contributed by atoms with E-state index in [2.05, 4.69) is 159 Å². The zero-order valence-corrected chi connectivity index (χ0v) is 32.8. The zero-order chi connectivity index (χ0) is 38.2. The summed E-state index contributed by atoms with van der Waals surface area (Å²) in [4.78, 5) is 4.65. The highest BCUT2D eigenvalue weighted by Crippen LogP contribution is 2.53. The number of fused-ring (bicyclic) bond motifs is 7. The number of rotatable bonds is 6. The third kappa shape index (κ3) is 5.68. The summed E-state index contributed by atoms with van der Waals surface area (Å²) in [5.41, 5.74) is 13.5. The molecule has 6 heteroatoms. The van der Waals surface area contributed by atoms with Crippen molar-refractivity contribution in [3.05, 3.63) is 178 Å². The van der Waals surface area contributed by atoms with Crippen LogP contribution in [0.3, 0.4) is 0 Å². The summed E-state index contributed by atoms with van der Waals surface area (Å²) in [5, 5.41) is 7.10. The molecule has 0 amide bonds. The second kappa shape index (κ2) is 13.2. The third-order valence-electron chi connectivity index (χ3n) is 10.8. The molecule has 0 bridgehead atoms. The average molecular weight is 768 g/mol. The number of halogens is 2. The summed E-state index contributed by atoms with van der Waals surface area (Å²) in [6.45, 7) is 8.46. The molecule has 2 aromatic heterocycles. The largest absolute Gasteiger partial charge is 0.454 e. The van der Waals surface area contributed by atoms with E-state index < -0.39 is 0 Å². The maximum Gasteiger partial charge on any atom is 0.160 e. The Morgan fingerprint density at radius 3 is 0.946 bits per heavy atom. The van der Waals surface area contributed by atoms with Crippen molar-refractivity contribution in [3.8, 4) is 0 Å². The molecule has 56 heavy (non-hydrogen) atoms. The molecule has 0 spiro atoms. The van der Waals surface area contributed by atoms with Gasteiger partial charge in [0, 0.05) is 77.2 Å². The Hall–Kier alpha value is -6.20. The molecule has 0 aliphatic rings. The fourth-order valence-electron chi connectivity index (χ4n) is 7.93. The Labute approximate surface area is 334 Å². The number of nitrogens with zero attached hydrogens (tertiary/aromatic N) is 2. The first kappa shape index (κ1) is 34.3. The maximum absolute atomic E-state index is 6.96. The molecular weight excluding hydrogens is 731 g/mol. The van der Waals surface area contributed by atoms with E-state index in [0.717, 1.165) is 88.8 Å². The van der Waals surface area contributed by atoms with Gasteiger partial charge in [0.1, 0.15) is 11.2 Å². The summed E-state index contributed by atoms with van der Waals surface area (Å²) in [6.07, 6.45) is 0. The predicted molar refractivity (Wildman–Crippen MR) is 237 cm³/mol. The molecule has 4 nitrogen and oxygen atoms in total. The second-order valence-electron chi connectivity index (χ2n) is 14.8. The van der Waals surface area contributed by atoms with Gasteiger partial charge in [-0.25, -0.2) is 0 Å². The quantitative estimate of drug-likeness (QED) is 0.169. The molecule has 0 radical (unpaired) electrons. The summed E-state index contributed by atoms with van der Waals surface area (Å²) in [6, 6.07) is 51.0. The lowest BCUT2D eigenvalue weighted by Gasteiger charge is -2.30. The molecule has 0 saturated carbocycles. The Bertz CT molecular complexity index is 2820. The highest BCUT2D eigenvalue weighted by Gasteiger charge is 2.29. The number of benzene rings is 8. The average Bonchev–Trinajstić information content (AvgIpc) is 3.74. The first-order chi connectivity index (χ1) is 27.2. The number of aryl methyl sites for hydroxylation is 4. The summed E-state index contributed by atoms with van der Waals surface area (Å²) < 4.78 is 13.9. The molecular formula is C50H36Cl2N2O2. The van der Waals surface area contributed by atoms with Gasteiger partial charge in [-0.15, -0.1) is 0 Å². The van der Waals surface area contributed by atoms with Crippen molar-refractivity contribution in [1.82, 2.24) is 0 Å². The van der Waals surface area contributed by atoms with Crippen LogP contribution in [0.2, 0.25) is 10.0 Å². The Morgan fingerprint density at radius 2 is 0.643 bits per heavy atom. The van der Waals surface area contributed by atoms with Crippen LogP contribution in [-0.4, -0.2) is 0 Å². The molecule has 0 atom stereocenters. The first-order valence-corrected chi connectivity index (χ1v) is 19.5. The van der Waals surface area contributed by atoms with Crippen molar-refractivity contribution in [2.75, 3.05) is 9.80 Å². The lowest BCUT2D eigenvalue weighted by Crippen LogP contribution is -2.13. The summed E-state index contributed by atoms with van der Waals surface area (Å²) in [5.74, 6) is 0. The van der Waals surface area contributed by atoms with Crippen LogP contribution in [0.25, 0.3) is 54.6 Å². The molecule has 0 N–H and O–H groups in total. The zero-order valence-electron chi connectivity index (χ0n) is 31.3. The smallest absolute Gasteiger partial charge is 0.160 e. The first-order valence-electron chi connectivity index (χ1n) is 18.7. The topological polar surface area (TPSA) is 32.8 Å². The summed E-state index contributed by atoms with van der Waals surface area (Å²) in [7, 11) is 0. The molecule has 0 unspecified atom stereocenters. The fraction of sp³-hybridized carbons (Fsp3) is 0.0800. The van der Waals surface area contributed by atoms with Crippen molar-refractivity contribution >= 4 is 112 Å². The third-order valence-corrected chi connectivity index (χ3v) is 11.3. The van der Waals surface area contributed by atoms with E-state index in [1.807, 2.05) is 24.3 Å². The van der Waals surface area contributed by atoms with Gasteiger partial charge in [-0.1, -0.05) is 94.0 Å². The monoisotopic (exact) mass is 766 g/mol. The van der Waals surface area contributed by atoms with Crippen LogP contribution in [0.5, 0.6) is 0 Å². The van der Waals surface area contributed by atoms with Gasteiger partial charge < -0.3 is 18.6 Å². The Balaban J connectivity index is 1.45. The van der Waals surface area contributed by atoms with Crippen LogP contribution in [0.15, 0.2) is 154 Å². The number of hydrogen-bond acceptors (Lipinski definition) is 4. The standard InChI is InChI=1S/C50H36Cl2N2O2/c1-29-5-15-35(16-6-29)53(36-17-7-30(2)8-18-36)47-41-27-44-40-24-14-34(52)26-46(40)56-50(44)48(42(41)28-43-39-23-13-33(51)25-45(39)55-49(43)47)54(37-19-9-31(3)10-20-37)38-21-11-32(4)12-22-38/h5-28H,1-4H3. The van der Waals surface area contributed by atoms with Crippen molar-refractivity contribution in [1.29, 1.82) is 0 Å². The molecule has 272 valence electrons. The van der Waals surface area contributed by atoms with E-state index in [1.54, 1.807) is 0 Å². The van der Waals surface area contributed by atoms with E-state index in [-0.39, 0.29) is 0 Å². The molecule has 0 saturated heterocycles. The minimum Gasteiger partial charge on any atom is -0.454 e. The van der Waals surface area contributed by atoms with Crippen LogP contribution in [0.4, 0.5) is 34.1 Å². The van der Waals surface area contributed by atoms with Crippen LogP contribution >= 0.6 is 23.2 Å². The van der Waals surface area contributed by atoms with Crippen LogP contribution in [0.1, 0.15) is 22.3 Å². The van der Waals surface area contributed by atoms with E-state index >= 15 is 0 Å². The van der Waals surface area contributed by atoms with Gasteiger partial charge in [0.25, 0.3) is 0 Å². The van der Waals surface area contributed by atoms with Crippen LogP contribution in [-0.2, 0) is 0 Å². The highest BCUT2D eigenvalue weighted by molar-refractivity contribution is 6.33. The molecule has 0 aliphatic carbocycles. The minimum absolute atomic E-state index is 0.616. The molecule has 10 aromatic rings. The van der Waals surface area contributed by atoms with Crippen molar-refractivity contribution in [3.63, 3.8) is 0 Å². The normalized spacial score (nSPS) is 11.8. The van der Waals surface area contributed by atoms with Gasteiger partial charge in [0.15, 0.2) is 11.2 Å². The van der Waals surface area contributed by atoms with Gasteiger partial charge in [-0.3, -0.25) is 0 Å². The second-order valence-corrected chi connectivity index (χ2v) is 15.7. The number of anilines is 6. The Morgan fingerprint density at radius 1 is 0.339 bits per heavy atom. The lowest BCUT2D eigenvalue weighted by molar-refractivity contribution is 0.668. The predicted octanol–water partition coefficient (Wildman–Crippen LogP) is 16.1. The fourth-order valence-corrected chi connectivity index (χ4v) is 8.26. The Kier molecular flexibility index (Phi) is 8.10.